The third-order valence-electron chi connectivity index (χ3n) is 8.74. The Kier molecular flexibility index (Phi) is 8.45. The molecule has 7 rings (SSSR count). The first-order chi connectivity index (χ1) is 23.8. The fourth-order valence-corrected chi connectivity index (χ4v) is 8.82. The zero-order chi connectivity index (χ0) is 35.6. The van der Waals surface area contributed by atoms with Crippen molar-refractivity contribution in [2.75, 3.05) is 29.5 Å². The molecule has 50 heavy (non-hydrogen) atoms. The Balaban J connectivity index is 1.52. The molecule has 17 heteroatoms. The molecule has 1 unspecified atom stereocenters. The van der Waals surface area contributed by atoms with Crippen molar-refractivity contribution in [2.24, 2.45) is 0 Å². The van der Waals surface area contributed by atoms with Crippen LogP contribution in [0.4, 0.5) is 32.9 Å². The lowest BCUT2D eigenvalue weighted by molar-refractivity contribution is -0.137. The fraction of sp³-hybridized carbons (Fsp3) is 0.303. The Morgan fingerprint density at radius 3 is 2.42 bits per heavy atom. The highest BCUT2D eigenvalue weighted by Gasteiger charge is 2.41. The SMILES string of the molecule is C=CC(=O)N1[C@H](C)CN(c2nc(=O)n3c4c(c(-c5c(F)cc(F)c6sc(N)nc56)c(C(F)(F)F)cc24)SCC(Oc2ccncc2)C3)C[C@@H]1C. The third kappa shape index (κ3) is 5.71. The van der Waals surface area contributed by atoms with Gasteiger partial charge in [-0.15, -0.1) is 11.8 Å². The number of carbonyl (C=O) groups excluding carboxylic acids is 1. The quantitative estimate of drug-likeness (QED) is 0.169. The number of carbonyl (C=O) groups is 1. The van der Waals surface area contributed by atoms with E-state index in [1.54, 1.807) is 35.8 Å². The van der Waals surface area contributed by atoms with E-state index in [-0.39, 0.29) is 68.3 Å². The Bertz CT molecular complexity index is 2230. The largest absolute Gasteiger partial charge is 0.488 e. The van der Waals surface area contributed by atoms with Crippen LogP contribution in [0.25, 0.3) is 32.2 Å². The monoisotopic (exact) mass is 729 g/mol. The first-order valence-electron chi connectivity index (χ1n) is 15.4. The summed E-state index contributed by atoms with van der Waals surface area (Å²) in [5, 5.41) is -0.169. The summed E-state index contributed by atoms with van der Waals surface area (Å²) in [6.45, 7) is 7.34. The zero-order valence-electron chi connectivity index (χ0n) is 26.5. The van der Waals surface area contributed by atoms with Crippen LogP contribution in [0.1, 0.15) is 19.4 Å². The van der Waals surface area contributed by atoms with Crippen molar-refractivity contribution in [3.63, 3.8) is 0 Å². The summed E-state index contributed by atoms with van der Waals surface area (Å²) in [6.07, 6.45) is -1.59. The van der Waals surface area contributed by atoms with Crippen molar-refractivity contribution >= 4 is 61.1 Å². The molecule has 0 aliphatic carbocycles. The number of ether oxygens (including phenoxy) is 1. The molecule has 0 bridgehead atoms. The molecule has 0 spiro atoms. The van der Waals surface area contributed by atoms with Crippen molar-refractivity contribution in [3.05, 3.63) is 77.0 Å². The van der Waals surface area contributed by atoms with Gasteiger partial charge in [0.05, 0.1) is 27.8 Å². The Hall–Kier alpha value is -4.77. The number of halogens is 5. The molecule has 10 nitrogen and oxygen atoms in total. The average molecular weight is 730 g/mol. The fourth-order valence-electron chi connectivity index (χ4n) is 6.83. The highest BCUT2D eigenvalue weighted by atomic mass is 32.2. The number of nitrogen functional groups attached to an aromatic ring is 1. The van der Waals surface area contributed by atoms with Crippen molar-refractivity contribution < 1.29 is 31.5 Å². The maximum absolute atomic E-state index is 16.0. The highest BCUT2D eigenvalue weighted by molar-refractivity contribution is 7.99. The van der Waals surface area contributed by atoms with Gasteiger partial charge in [-0.25, -0.2) is 18.6 Å². The first-order valence-corrected chi connectivity index (χ1v) is 17.2. The summed E-state index contributed by atoms with van der Waals surface area (Å²) in [6, 6.07) is 3.75. The number of hydrogen-bond donors (Lipinski definition) is 1. The topological polar surface area (TPSA) is 119 Å². The molecule has 5 heterocycles. The molecular weight excluding hydrogens is 702 g/mol. The van der Waals surface area contributed by atoms with Crippen LogP contribution in [0.15, 0.2) is 59.0 Å². The molecule has 1 saturated heterocycles. The molecule has 0 radical (unpaired) electrons. The van der Waals surface area contributed by atoms with Crippen LogP contribution in [0.2, 0.25) is 0 Å². The number of alkyl halides is 3. The third-order valence-corrected chi connectivity index (χ3v) is 10.9. The number of hydrogen-bond acceptors (Lipinski definition) is 10. The second-order valence-corrected chi connectivity index (χ2v) is 14.1. The highest BCUT2D eigenvalue weighted by Crippen LogP contribution is 2.51. The van der Waals surface area contributed by atoms with Crippen LogP contribution in [0.5, 0.6) is 5.75 Å². The molecule has 1 fully saturated rings. The smallest absolute Gasteiger partial charge is 0.417 e. The van der Waals surface area contributed by atoms with E-state index < -0.39 is 58.4 Å². The number of rotatable bonds is 5. The van der Waals surface area contributed by atoms with Gasteiger partial charge in [-0.1, -0.05) is 17.9 Å². The number of pyridine rings is 1. The van der Waals surface area contributed by atoms with Gasteiger partial charge in [-0.3, -0.25) is 14.3 Å². The molecule has 2 aromatic carbocycles. The van der Waals surface area contributed by atoms with Gasteiger partial charge in [0.2, 0.25) is 5.91 Å². The Labute approximate surface area is 289 Å². The number of fused-ring (bicyclic) bond motifs is 1. The second kappa shape index (κ2) is 12.5. The summed E-state index contributed by atoms with van der Waals surface area (Å²) < 4.78 is 84.0. The minimum atomic E-state index is -5.05. The minimum absolute atomic E-state index is 0.00723. The standard InChI is InChI=1S/C33H28F5N7O3S2/c1-4-23(46)45-15(2)11-43(12-16(45)3)30-19-9-20(33(36,37)38)24(25-21(34)10-22(35)28-26(25)41-31(39)50-28)29-27(19)44(32(47)42-30)13-18(14-49-29)48-17-5-7-40-8-6-17/h4-10,15-16,18H,1,11-14H2,2-3H3,(H2,39,41)/t15-,16+,18?. The summed E-state index contributed by atoms with van der Waals surface area (Å²) >= 11 is 1.64. The van der Waals surface area contributed by atoms with E-state index in [1.165, 1.54) is 23.0 Å². The van der Waals surface area contributed by atoms with E-state index in [4.69, 9.17) is 10.5 Å². The van der Waals surface area contributed by atoms with Gasteiger partial charge in [0, 0.05) is 70.8 Å². The molecule has 3 atom stereocenters. The van der Waals surface area contributed by atoms with E-state index in [2.05, 4.69) is 21.5 Å². The maximum atomic E-state index is 16.0. The molecule has 1 amide bonds. The molecule has 2 N–H and O–H groups in total. The van der Waals surface area contributed by atoms with Gasteiger partial charge in [0.1, 0.15) is 29.3 Å². The average Bonchev–Trinajstić information content (AvgIpc) is 3.35. The number of nitrogens with two attached hydrogens (primary N) is 1. The van der Waals surface area contributed by atoms with Crippen LogP contribution >= 0.6 is 23.1 Å². The number of piperazine rings is 1. The number of benzene rings is 2. The predicted octanol–water partition coefficient (Wildman–Crippen LogP) is 6.11. The predicted molar refractivity (Wildman–Crippen MR) is 182 cm³/mol. The van der Waals surface area contributed by atoms with E-state index in [0.29, 0.717) is 23.2 Å². The lowest BCUT2D eigenvalue weighted by Gasteiger charge is -2.44. The Morgan fingerprint density at radius 2 is 1.76 bits per heavy atom. The van der Waals surface area contributed by atoms with Crippen molar-refractivity contribution in [3.8, 4) is 16.9 Å². The lowest BCUT2D eigenvalue weighted by Crippen LogP contribution is -2.58. The minimum Gasteiger partial charge on any atom is -0.488 e. The van der Waals surface area contributed by atoms with E-state index in [1.807, 2.05) is 0 Å². The summed E-state index contributed by atoms with van der Waals surface area (Å²) in [5.74, 6) is -2.15. The molecule has 3 aromatic heterocycles. The van der Waals surface area contributed by atoms with Gasteiger partial charge in [0.25, 0.3) is 0 Å². The van der Waals surface area contributed by atoms with Crippen molar-refractivity contribution in [2.45, 2.75) is 49.7 Å². The maximum Gasteiger partial charge on any atom is 0.417 e. The van der Waals surface area contributed by atoms with E-state index in [0.717, 1.165) is 17.8 Å². The normalized spacial score (nSPS) is 19.5. The van der Waals surface area contributed by atoms with E-state index in [9.17, 15) is 14.0 Å². The second-order valence-electron chi connectivity index (χ2n) is 12.1. The zero-order valence-corrected chi connectivity index (χ0v) is 28.1. The van der Waals surface area contributed by atoms with Gasteiger partial charge < -0.3 is 20.3 Å². The molecule has 0 saturated carbocycles. The number of anilines is 2. The molecule has 5 aromatic rings. The molecule has 2 aliphatic heterocycles. The van der Waals surface area contributed by atoms with E-state index >= 15 is 17.6 Å². The molecule has 260 valence electrons. The molecule has 2 aliphatic rings. The number of thiazole rings is 1. The van der Waals surface area contributed by atoms with Crippen LogP contribution in [0.3, 0.4) is 0 Å². The number of thioether (sulfide) groups is 1. The van der Waals surface area contributed by atoms with Gasteiger partial charge in [-0.2, -0.15) is 18.2 Å². The van der Waals surface area contributed by atoms with Crippen molar-refractivity contribution in [1.82, 2.24) is 24.4 Å². The molecular formula is C33H28F5N7O3S2. The number of aromatic nitrogens is 4. The first kappa shape index (κ1) is 33.7. The van der Waals surface area contributed by atoms with Crippen LogP contribution in [0, 0.1) is 11.6 Å². The summed E-state index contributed by atoms with van der Waals surface area (Å²) in [4.78, 5) is 42.2. The van der Waals surface area contributed by atoms with Crippen LogP contribution < -0.4 is 21.1 Å². The number of amides is 1. The van der Waals surface area contributed by atoms with Crippen LogP contribution in [-0.2, 0) is 17.5 Å². The Morgan fingerprint density at radius 1 is 1.06 bits per heavy atom. The van der Waals surface area contributed by atoms with Crippen molar-refractivity contribution in [1.29, 1.82) is 0 Å². The number of nitrogens with zero attached hydrogens (tertiary/aromatic N) is 6. The van der Waals surface area contributed by atoms with Crippen LogP contribution in [-0.4, -0.2) is 67.4 Å². The lowest BCUT2D eigenvalue weighted by atomic mass is 9.94. The van der Waals surface area contributed by atoms with Gasteiger partial charge in [0.15, 0.2) is 5.13 Å². The van der Waals surface area contributed by atoms with Gasteiger partial charge >= 0.3 is 11.9 Å². The summed E-state index contributed by atoms with van der Waals surface area (Å²) in [5.41, 5.74) is 2.39. The summed E-state index contributed by atoms with van der Waals surface area (Å²) in [7, 11) is 0. The van der Waals surface area contributed by atoms with Gasteiger partial charge in [-0.05, 0) is 38.1 Å².